The van der Waals surface area contributed by atoms with Gasteiger partial charge in [-0.05, 0) is 13.0 Å². The van der Waals surface area contributed by atoms with Gasteiger partial charge in [0.05, 0.1) is 12.1 Å². The number of pyridine rings is 1. The minimum absolute atomic E-state index is 0.00596. The molecule has 8 nitrogen and oxygen atoms in total. The predicted octanol–water partition coefficient (Wildman–Crippen LogP) is 0.853. The van der Waals surface area contributed by atoms with Gasteiger partial charge in [0.2, 0.25) is 11.9 Å². The first-order valence-corrected chi connectivity index (χ1v) is 9.01. The molecule has 0 radical (unpaired) electrons. The molecule has 29 heavy (non-hydrogen) atoms. The molecule has 0 aliphatic carbocycles. The highest BCUT2D eigenvalue weighted by Gasteiger charge is 2.33. The Balaban J connectivity index is 1.66. The average molecular weight is 410 g/mol. The largest absolute Gasteiger partial charge is 0.419 e. The third-order valence-electron chi connectivity index (χ3n) is 4.48. The number of piperazine rings is 1. The molecule has 1 aliphatic rings. The fourth-order valence-corrected chi connectivity index (χ4v) is 3.08. The Hall–Kier alpha value is -2.79. The van der Waals surface area contributed by atoms with E-state index in [4.69, 9.17) is 5.73 Å². The molecule has 0 saturated carbocycles. The van der Waals surface area contributed by atoms with Crippen LogP contribution >= 0.6 is 0 Å². The maximum atomic E-state index is 12.6. The third kappa shape index (κ3) is 4.98. The monoisotopic (exact) mass is 410 g/mol. The van der Waals surface area contributed by atoms with E-state index in [-0.39, 0.29) is 43.1 Å². The van der Waals surface area contributed by atoms with Gasteiger partial charge in [-0.15, -0.1) is 0 Å². The Morgan fingerprint density at radius 2 is 1.90 bits per heavy atom. The summed E-state index contributed by atoms with van der Waals surface area (Å²) in [7, 11) is 0. The molecule has 2 aromatic heterocycles. The van der Waals surface area contributed by atoms with Crippen molar-refractivity contribution < 1.29 is 18.0 Å². The van der Waals surface area contributed by atoms with Gasteiger partial charge < -0.3 is 10.3 Å². The van der Waals surface area contributed by atoms with Crippen LogP contribution in [-0.2, 0) is 24.1 Å². The number of carbonyl (C=O) groups is 1. The molecular formula is C18H21F3N6O2. The van der Waals surface area contributed by atoms with E-state index in [2.05, 4.69) is 9.97 Å². The summed E-state index contributed by atoms with van der Waals surface area (Å²) in [6.07, 6.45) is -1.55. The van der Waals surface area contributed by atoms with E-state index in [1.807, 2.05) is 0 Å². The number of hydrogen-bond donors (Lipinski definition) is 1. The van der Waals surface area contributed by atoms with E-state index in [9.17, 15) is 22.8 Å². The van der Waals surface area contributed by atoms with Crippen LogP contribution in [0.1, 0.15) is 18.1 Å². The highest BCUT2D eigenvalue weighted by Crippen LogP contribution is 2.28. The maximum Gasteiger partial charge on any atom is 0.419 e. The first kappa shape index (κ1) is 20.9. The lowest BCUT2D eigenvalue weighted by atomic mass is 10.2. The van der Waals surface area contributed by atoms with Gasteiger partial charge in [-0.2, -0.15) is 13.2 Å². The second-order valence-electron chi connectivity index (χ2n) is 6.99. The lowest BCUT2D eigenvalue weighted by Gasteiger charge is -2.32. The Morgan fingerprint density at radius 3 is 2.48 bits per heavy atom. The van der Waals surface area contributed by atoms with Crippen molar-refractivity contribution in [1.82, 2.24) is 19.4 Å². The van der Waals surface area contributed by atoms with Crippen molar-refractivity contribution in [3.05, 3.63) is 52.2 Å². The first-order valence-electron chi connectivity index (χ1n) is 9.01. The van der Waals surface area contributed by atoms with Gasteiger partial charge in [0, 0.05) is 56.4 Å². The smallest absolute Gasteiger partial charge is 0.326 e. The molecule has 3 heterocycles. The molecule has 1 atom stereocenters. The van der Waals surface area contributed by atoms with E-state index in [1.165, 1.54) is 9.47 Å². The Morgan fingerprint density at radius 1 is 1.21 bits per heavy atom. The van der Waals surface area contributed by atoms with Crippen LogP contribution in [0, 0.1) is 0 Å². The summed E-state index contributed by atoms with van der Waals surface area (Å²) in [6.45, 7) is 3.13. The normalized spacial score (nSPS) is 16.9. The van der Waals surface area contributed by atoms with Gasteiger partial charge >= 0.3 is 6.18 Å². The lowest BCUT2D eigenvalue weighted by Crippen LogP contribution is -2.51. The van der Waals surface area contributed by atoms with Gasteiger partial charge in [-0.3, -0.25) is 19.4 Å². The van der Waals surface area contributed by atoms with Gasteiger partial charge in [0.25, 0.3) is 5.56 Å². The van der Waals surface area contributed by atoms with E-state index in [0.717, 1.165) is 0 Å². The second kappa shape index (κ2) is 8.29. The number of amides is 1. The quantitative estimate of drug-likeness (QED) is 0.785. The van der Waals surface area contributed by atoms with Crippen LogP contribution in [-0.4, -0.2) is 51.0 Å². The molecule has 11 heteroatoms. The fourth-order valence-electron chi connectivity index (χ4n) is 3.08. The third-order valence-corrected chi connectivity index (χ3v) is 4.48. The topological polar surface area (TPSA) is 97.3 Å². The highest BCUT2D eigenvalue weighted by atomic mass is 19.4. The molecule has 0 aromatic carbocycles. The van der Waals surface area contributed by atoms with E-state index in [1.54, 1.807) is 30.2 Å². The van der Waals surface area contributed by atoms with Gasteiger partial charge in [0.15, 0.2) is 0 Å². The molecular weight excluding hydrogens is 389 g/mol. The van der Waals surface area contributed by atoms with Gasteiger partial charge in [-0.25, -0.2) is 9.97 Å². The number of hydrogen-bond acceptors (Lipinski definition) is 6. The Bertz CT molecular complexity index is 926. The molecule has 1 aliphatic heterocycles. The summed E-state index contributed by atoms with van der Waals surface area (Å²) in [5.74, 6) is -0.413. The molecule has 156 valence electrons. The van der Waals surface area contributed by atoms with Crippen molar-refractivity contribution in [3.8, 4) is 0 Å². The van der Waals surface area contributed by atoms with E-state index >= 15 is 0 Å². The minimum Gasteiger partial charge on any atom is -0.326 e. The number of anilines is 1. The summed E-state index contributed by atoms with van der Waals surface area (Å²) < 4.78 is 39.4. The minimum atomic E-state index is -4.54. The maximum absolute atomic E-state index is 12.6. The van der Waals surface area contributed by atoms with Crippen molar-refractivity contribution >= 4 is 11.9 Å². The summed E-state index contributed by atoms with van der Waals surface area (Å²) in [6, 6.07) is 3.29. The molecule has 1 amide bonds. The standard InChI is InChI=1S/C18H21F3N6O2/c1-12(22)9-26-4-2-3-13(16(26)29)10-25-5-6-27(15(28)11-25)17-23-7-14(8-24-17)18(19,20)21/h2-4,7-8,12H,5-6,9-11,22H2,1H3/t12-/m0/s1. The summed E-state index contributed by atoms with van der Waals surface area (Å²) >= 11 is 0. The Kier molecular flexibility index (Phi) is 5.99. The summed E-state index contributed by atoms with van der Waals surface area (Å²) in [5, 5.41) is 0. The number of aromatic nitrogens is 3. The summed E-state index contributed by atoms with van der Waals surface area (Å²) in [4.78, 5) is 35.4. The van der Waals surface area contributed by atoms with Crippen molar-refractivity contribution in [2.45, 2.75) is 32.2 Å². The molecule has 3 rings (SSSR count). The SMILES string of the molecule is C[C@H](N)Cn1cccc(CN2CCN(c3ncc(C(F)(F)F)cn3)C(=O)C2)c1=O. The molecule has 0 unspecified atom stereocenters. The van der Waals surface area contributed by atoms with Crippen molar-refractivity contribution in [2.24, 2.45) is 5.73 Å². The number of rotatable bonds is 5. The number of carbonyl (C=O) groups excluding carboxylic acids is 1. The highest BCUT2D eigenvalue weighted by molar-refractivity contribution is 5.93. The van der Waals surface area contributed by atoms with Crippen molar-refractivity contribution in [1.29, 1.82) is 0 Å². The molecule has 2 aromatic rings. The molecule has 1 saturated heterocycles. The zero-order valence-electron chi connectivity index (χ0n) is 15.8. The van der Waals surface area contributed by atoms with Crippen LogP contribution in [0.2, 0.25) is 0 Å². The van der Waals surface area contributed by atoms with E-state index < -0.39 is 11.7 Å². The van der Waals surface area contributed by atoms with Crippen molar-refractivity contribution in [2.75, 3.05) is 24.5 Å². The zero-order valence-corrected chi connectivity index (χ0v) is 15.8. The summed E-state index contributed by atoms with van der Waals surface area (Å²) in [5.41, 5.74) is 5.16. The van der Waals surface area contributed by atoms with Crippen LogP contribution in [0.4, 0.5) is 19.1 Å². The number of nitrogens with zero attached hydrogens (tertiary/aromatic N) is 5. The molecule has 0 spiro atoms. The second-order valence-corrected chi connectivity index (χ2v) is 6.99. The van der Waals surface area contributed by atoms with Crippen LogP contribution in [0.25, 0.3) is 0 Å². The average Bonchev–Trinajstić information content (AvgIpc) is 2.64. The molecule has 0 bridgehead atoms. The lowest BCUT2D eigenvalue weighted by molar-refractivity contribution is -0.138. The first-order chi connectivity index (χ1) is 13.6. The number of alkyl halides is 3. The van der Waals surface area contributed by atoms with Crippen LogP contribution in [0.3, 0.4) is 0 Å². The van der Waals surface area contributed by atoms with Crippen LogP contribution < -0.4 is 16.2 Å². The van der Waals surface area contributed by atoms with Gasteiger partial charge in [0.1, 0.15) is 0 Å². The number of nitrogens with two attached hydrogens (primary N) is 1. The predicted molar refractivity (Wildman–Crippen MR) is 99.0 cm³/mol. The molecule has 2 N–H and O–H groups in total. The van der Waals surface area contributed by atoms with Crippen LogP contribution in [0.5, 0.6) is 0 Å². The van der Waals surface area contributed by atoms with Crippen LogP contribution in [0.15, 0.2) is 35.5 Å². The van der Waals surface area contributed by atoms with E-state index in [0.29, 0.717) is 31.0 Å². The number of halogens is 3. The Labute approximate surface area is 164 Å². The molecule has 1 fully saturated rings. The fraction of sp³-hybridized carbons (Fsp3) is 0.444. The van der Waals surface area contributed by atoms with Gasteiger partial charge in [-0.1, -0.05) is 6.07 Å². The zero-order chi connectivity index (χ0) is 21.2. The van der Waals surface area contributed by atoms with Crippen molar-refractivity contribution in [3.63, 3.8) is 0 Å².